The molecule has 1 N–H and O–H groups in total. The molecule has 0 spiro atoms. The highest BCUT2D eigenvalue weighted by molar-refractivity contribution is 6.30. The highest BCUT2D eigenvalue weighted by atomic mass is 35.5. The highest BCUT2D eigenvalue weighted by Gasteiger charge is 2.21. The number of rotatable bonds is 4. The number of nitrogens with zero attached hydrogens (tertiary/aromatic N) is 1. The Kier molecular flexibility index (Phi) is 4.86. The lowest BCUT2D eigenvalue weighted by molar-refractivity contribution is -0.117. The molecule has 4 nitrogen and oxygen atoms in total. The third-order valence-corrected chi connectivity index (χ3v) is 4.48. The van der Waals surface area contributed by atoms with Crippen molar-refractivity contribution in [3.05, 3.63) is 64.7 Å². The lowest BCUT2D eigenvalue weighted by Gasteiger charge is -2.17. The number of benzene rings is 2. The Morgan fingerprint density at radius 2 is 1.79 bits per heavy atom. The molecule has 1 aliphatic rings. The maximum Gasteiger partial charge on any atom is 0.251 e. The van der Waals surface area contributed by atoms with Gasteiger partial charge in [0, 0.05) is 29.2 Å². The van der Waals surface area contributed by atoms with E-state index in [9.17, 15) is 9.59 Å². The molecule has 124 valence electrons. The van der Waals surface area contributed by atoms with Crippen molar-refractivity contribution in [2.45, 2.75) is 25.8 Å². The molecule has 1 atom stereocenters. The zero-order valence-corrected chi connectivity index (χ0v) is 14.2. The Morgan fingerprint density at radius 1 is 1.12 bits per heavy atom. The quantitative estimate of drug-likeness (QED) is 0.914. The summed E-state index contributed by atoms with van der Waals surface area (Å²) >= 11 is 5.88. The van der Waals surface area contributed by atoms with E-state index in [1.165, 1.54) is 0 Å². The maximum atomic E-state index is 12.4. The summed E-state index contributed by atoms with van der Waals surface area (Å²) in [5, 5.41) is 3.64. The van der Waals surface area contributed by atoms with E-state index in [1.54, 1.807) is 29.2 Å². The maximum absolute atomic E-state index is 12.4. The lowest BCUT2D eigenvalue weighted by Crippen LogP contribution is -2.27. The van der Waals surface area contributed by atoms with E-state index in [0.717, 1.165) is 24.2 Å². The minimum absolute atomic E-state index is 0.116. The first kappa shape index (κ1) is 16.5. The van der Waals surface area contributed by atoms with Gasteiger partial charge in [0.1, 0.15) is 0 Å². The van der Waals surface area contributed by atoms with Crippen LogP contribution in [-0.4, -0.2) is 18.4 Å². The van der Waals surface area contributed by atoms with Crippen LogP contribution in [0.2, 0.25) is 5.02 Å². The zero-order valence-electron chi connectivity index (χ0n) is 13.5. The second-order valence-electron chi connectivity index (χ2n) is 5.94. The molecule has 0 saturated carbocycles. The minimum Gasteiger partial charge on any atom is -0.346 e. The monoisotopic (exact) mass is 342 g/mol. The summed E-state index contributed by atoms with van der Waals surface area (Å²) in [6.45, 7) is 2.68. The van der Waals surface area contributed by atoms with Gasteiger partial charge in [0.15, 0.2) is 0 Å². The van der Waals surface area contributed by atoms with Gasteiger partial charge in [0.2, 0.25) is 5.91 Å². The average Bonchev–Trinajstić information content (AvgIpc) is 3.01. The molecule has 0 bridgehead atoms. The van der Waals surface area contributed by atoms with Crippen molar-refractivity contribution in [3.63, 3.8) is 0 Å². The van der Waals surface area contributed by atoms with Gasteiger partial charge in [0.25, 0.3) is 5.91 Å². The van der Waals surface area contributed by atoms with Crippen LogP contribution in [0.5, 0.6) is 0 Å². The molecule has 2 amide bonds. The Hall–Kier alpha value is -2.33. The molecule has 0 radical (unpaired) electrons. The summed E-state index contributed by atoms with van der Waals surface area (Å²) in [6.07, 6.45) is 1.49. The minimum atomic E-state index is -0.142. The van der Waals surface area contributed by atoms with E-state index in [1.807, 2.05) is 31.2 Å². The van der Waals surface area contributed by atoms with Gasteiger partial charge >= 0.3 is 0 Å². The molecule has 1 aliphatic heterocycles. The van der Waals surface area contributed by atoms with Crippen LogP contribution in [0.1, 0.15) is 41.7 Å². The number of anilines is 1. The van der Waals surface area contributed by atoms with Crippen LogP contribution in [0.25, 0.3) is 0 Å². The summed E-state index contributed by atoms with van der Waals surface area (Å²) < 4.78 is 0. The summed E-state index contributed by atoms with van der Waals surface area (Å²) in [5.74, 6) is 0.000288. The summed E-state index contributed by atoms with van der Waals surface area (Å²) in [7, 11) is 0. The smallest absolute Gasteiger partial charge is 0.251 e. The van der Waals surface area contributed by atoms with Crippen LogP contribution in [0.4, 0.5) is 5.69 Å². The van der Waals surface area contributed by atoms with Crippen molar-refractivity contribution in [2.24, 2.45) is 0 Å². The zero-order chi connectivity index (χ0) is 17.1. The summed E-state index contributed by atoms with van der Waals surface area (Å²) in [4.78, 5) is 25.9. The number of halogens is 1. The SMILES string of the molecule is C[C@H](NC(=O)c1ccc(N2CCCC2=O)cc1)c1ccc(Cl)cc1. The van der Waals surface area contributed by atoms with E-state index in [4.69, 9.17) is 11.6 Å². The number of nitrogens with one attached hydrogen (secondary N) is 1. The van der Waals surface area contributed by atoms with Gasteiger partial charge < -0.3 is 10.2 Å². The molecular formula is C19H19ClN2O2. The molecule has 5 heteroatoms. The Balaban J connectivity index is 1.66. The predicted molar refractivity (Wildman–Crippen MR) is 95.4 cm³/mol. The van der Waals surface area contributed by atoms with Crippen molar-refractivity contribution < 1.29 is 9.59 Å². The van der Waals surface area contributed by atoms with Crippen LogP contribution < -0.4 is 10.2 Å². The van der Waals surface area contributed by atoms with Crippen LogP contribution in [0.3, 0.4) is 0 Å². The van der Waals surface area contributed by atoms with E-state index in [-0.39, 0.29) is 17.9 Å². The molecule has 3 rings (SSSR count). The van der Waals surface area contributed by atoms with Crippen molar-refractivity contribution in [1.82, 2.24) is 5.32 Å². The Morgan fingerprint density at radius 3 is 2.38 bits per heavy atom. The molecule has 1 heterocycles. The Bertz CT molecular complexity index is 741. The third-order valence-electron chi connectivity index (χ3n) is 4.23. The summed E-state index contributed by atoms with van der Waals surface area (Å²) in [6, 6.07) is 14.5. The van der Waals surface area contributed by atoms with Crippen LogP contribution >= 0.6 is 11.6 Å². The van der Waals surface area contributed by atoms with E-state index >= 15 is 0 Å². The lowest BCUT2D eigenvalue weighted by atomic mass is 10.1. The van der Waals surface area contributed by atoms with Gasteiger partial charge in [-0.1, -0.05) is 23.7 Å². The fourth-order valence-corrected chi connectivity index (χ4v) is 2.95. The van der Waals surface area contributed by atoms with Crippen molar-refractivity contribution in [2.75, 3.05) is 11.4 Å². The normalized spacial score (nSPS) is 15.4. The van der Waals surface area contributed by atoms with Crippen LogP contribution in [0.15, 0.2) is 48.5 Å². The average molecular weight is 343 g/mol. The molecular weight excluding hydrogens is 324 g/mol. The highest BCUT2D eigenvalue weighted by Crippen LogP contribution is 2.22. The van der Waals surface area contributed by atoms with Gasteiger partial charge in [-0.3, -0.25) is 9.59 Å². The largest absolute Gasteiger partial charge is 0.346 e. The number of hydrogen-bond donors (Lipinski definition) is 1. The first-order chi connectivity index (χ1) is 11.5. The van der Waals surface area contributed by atoms with Gasteiger partial charge in [-0.2, -0.15) is 0 Å². The second-order valence-corrected chi connectivity index (χ2v) is 6.38. The van der Waals surface area contributed by atoms with E-state index < -0.39 is 0 Å². The van der Waals surface area contributed by atoms with Gasteiger partial charge in [-0.25, -0.2) is 0 Å². The second kappa shape index (κ2) is 7.05. The fourth-order valence-electron chi connectivity index (χ4n) is 2.83. The van der Waals surface area contributed by atoms with E-state index in [0.29, 0.717) is 17.0 Å². The topological polar surface area (TPSA) is 49.4 Å². The van der Waals surface area contributed by atoms with Crippen LogP contribution in [-0.2, 0) is 4.79 Å². The number of carbonyl (C=O) groups excluding carboxylic acids is 2. The van der Waals surface area contributed by atoms with Crippen molar-refractivity contribution in [3.8, 4) is 0 Å². The third kappa shape index (κ3) is 3.60. The molecule has 1 fully saturated rings. The van der Waals surface area contributed by atoms with Gasteiger partial charge in [-0.15, -0.1) is 0 Å². The van der Waals surface area contributed by atoms with Gasteiger partial charge in [-0.05, 0) is 55.3 Å². The van der Waals surface area contributed by atoms with Gasteiger partial charge in [0.05, 0.1) is 6.04 Å². The fraction of sp³-hybridized carbons (Fsp3) is 0.263. The molecule has 24 heavy (non-hydrogen) atoms. The van der Waals surface area contributed by atoms with Crippen LogP contribution in [0, 0.1) is 0 Å². The number of carbonyl (C=O) groups is 2. The first-order valence-corrected chi connectivity index (χ1v) is 8.39. The standard InChI is InChI=1S/C19H19ClN2O2/c1-13(14-4-8-16(20)9-5-14)21-19(24)15-6-10-17(11-7-15)22-12-2-3-18(22)23/h4-11,13H,2-3,12H2,1H3,(H,21,24)/t13-/m0/s1. The summed E-state index contributed by atoms with van der Waals surface area (Å²) in [5.41, 5.74) is 2.41. The first-order valence-electron chi connectivity index (χ1n) is 8.01. The molecule has 2 aromatic carbocycles. The molecule has 2 aromatic rings. The van der Waals surface area contributed by atoms with E-state index in [2.05, 4.69) is 5.32 Å². The number of amides is 2. The predicted octanol–water partition coefficient (Wildman–Crippen LogP) is 3.96. The molecule has 0 unspecified atom stereocenters. The Labute approximate surface area is 146 Å². The molecule has 0 aliphatic carbocycles. The molecule has 0 aromatic heterocycles. The van der Waals surface area contributed by atoms with Crippen molar-refractivity contribution >= 4 is 29.1 Å². The number of hydrogen-bond acceptors (Lipinski definition) is 2. The van der Waals surface area contributed by atoms with Crippen molar-refractivity contribution in [1.29, 1.82) is 0 Å². The molecule has 1 saturated heterocycles.